The summed E-state index contributed by atoms with van der Waals surface area (Å²) in [5, 5.41) is 6.65. The molecule has 0 spiro atoms. The monoisotopic (exact) mass is 556 g/mol. The Bertz CT molecular complexity index is 760. The Morgan fingerprint density at radius 2 is 1.97 bits per heavy atom. The molecular formula is C19H33IN4O3S2. The van der Waals surface area contributed by atoms with E-state index in [-0.39, 0.29) is 54.1 Å². The Morgan fingerprint density at radius 3 is 2.62 bits per heavy atom. The van der Waals surface area contributed by atoms with Crippen molar-refractivity contribution in [1.29, 1.82) is 0 Å². The summed E-state index contributed by atoms with van der Waals surface area (Å²) < 4.78 is 39.0. The molecule has 10 heteroatoms. The molecule has 7 nitrogen and oxygen atoms in total. The lowest BCUT2D eigenvalue weighted by atomic mass is 9.95. The number of guanidine groups is 1. The molecule has 1 fully saturated rings. The number of aliphatic imine (C=N–C) groups is 1. The van der Waals surface area contributed by atoms with Crippen LogP contribution in [0.15, 0.2) is 35.3 Å². The van der Waals surface area contributed by atoms with Gasteiger partial charge in [-0.1, -0.05) is 43.7 Å². The minimum Gasteiger partial charge on any atom is -0.355 e. The zero-order chi connectivity index (χ0) is 20.4. The molecule has 0 radical (unpaired) electrons. The molecule has 0 saturated heterocycles. The van der Waals surface area contributed by atoms with Crippen molar-refractivity contribution in [3.8, 4) is 0 Å². The fraction of sp³-hybridized carbons (Fsp3) is 0.632. The average molecular weight is 557 g/mol. The van der Waals surface area contributed by atoms with Crippen LogP contribution in [0.2, 0.25) is 0 Å². The van der Waals surface area contributed by atoms with Crippen LogP contribution in [0.5, 0.6) is 0 Å². The quantitative estimate of drug-likeness (QED) is 0.246. The SMILES string of the molecule is CCS(=O)C1CCCC(NC(=NC)NCCS(=O)(=O)NCc2ccccc2)C1.I. The summed E-state index contributed by atoms with van der Waals surface area (Å²) in [6.45, 7) is 2.51. The molecule has 0 amide bonds. The van der Waals surface area contributed by atoms with Crippen molar-refractivity contribution < 1.29 is 12.6 Å². The molecule has 166 valence electrons. The Balaban J connectivity index is 0.00000420. The summed E-state index contributed by atoms with van der Waals surface area (Å²) >= 11 is 0. The van der Waals surface area contributed by atoms with Gasteiger partial charge in [0.05, 0.1) is 5.75 Å². The summed E-state index contributed by atoms with van der Waals surface area (Å²) in [4.78, 5) is 4.19. The van der Waals surface area contributed by atoms with E-state index in [0.29, 0.717) is 11.7 Å². The van der Waals surface area contributed by atoms with Gasteiger partial charge < -0.3 is 10.6 Å². The van der Waals surface area contributed by atoms with Gasteiger partial charge in [-0.25, -0.2) is 13.1 Å². The van der Waals surface area contributed by atoms with E-state index in [0.717, 1.165) is 31.2 Å². The number of sulfonamides is 1. The van der Waals surface area contributed by atoms with Crippen molar-refractivity contribution in [1.82, 2.24) is 15.4 Å². The van der Waals surface area contributed by atoms with Crippen molar-refractivity contribution in [3.63, 3.8) is 0 Å². The highest BCUT2D eigenvalue weighted by molar-refractivity contribution is 14.0. The second kappa shape index (κ2) is 13.6. The van der Waals surface area contributed by atoms with Gasteiger partial charge in [0.1, 0.15) is 0 Å². The lowest BCUT2D eigenvalue weighted by Gasteiger charge is -2.30. The van der Waals surface area contributed by atoms with Crippen molar-refractivity contribution in [2.24, 2.45) is 4.99 Å². The molecule has 0 heterocycles. The summed E-state index contributed by atoms with van der Waals surface area (Å²) in [6.07, 6.45) is 3.92. The van der Waals surface area contributed by atoms with Gasteiger partial charge in [-0.05, 0) is 24.8 Å². The zero-order valence-electron chi connectivity index (χ0n) is 17.1. The lowest BCUT2D eigenvalue weighted by Crippen LogP contribution is -2.47. The molecule has 1 aliphatic rings. The topological polar surface area (TPSA) is 99.7 Å². The third-order valence-electron chi connectivity index (χ3n) is 4.85. The van der Waals surface area contributed by atoms with Crippen LogP contribution in [0.1, 0.15) is 38.2 Å². The van der Waals surface area contributed by atoms with E-state index in [9.17, 15) is 12.6 Å². The molecule has 1 saturated carbocycles. The number of halogens is 1. The highest BCUT2D eigenvalue weighted by Crippen LogP contribution is 2.22. The fourth-order valence-electron chi connectivity index (χ4n) is 3.30. The second-order valence-electron chi connectivity index (χ2n) is 6.92. The molecule has 0 aliphatic heterocycles. The molecule has 0 bridgehead atoms. The number of benzene rings is 1. The average Bonchev–Trinajstić information content (AvgIpc) is 2.72. The van der Waals surface area contributed by atoms with E-state index in [1.165, 1.54) is 0 Å². The Hall–Kier alpha value is -0.720. The number of hydrogen-bond acceptors (Lipinski definition) is 4. The Kier molecular flexibility index (Phi) is 12.3. The van der Waals surface area contributed by atoms with Gasteiger partial charge in [-0.2, -0.15) is 0 Å². The molecule has 3 atom stereocenters. The third kappa shape index (κ3) is 9.75. The molecule has 0 aromatic heterocycles. The van der Waals surface area contributed by atoms with Crippen LogP contribution in [0.25, 0.3) is 0 Å². The van der Waals surface area contributed by atoms with Crippen LogP contribution in [0, 0.1) is 0 Å². The van der Waals surface area contributed by atoms with Gasteiger partial charge in [0.2, 0.25) is 10.0 Å². The van der Waals surface area contributed by atoms with E-state index < -0.39 is 20.8 Å². The van der Waals surface area contributed by atoms with Crippen LogP contribution in [0.3, 0.4) is 0 Å². The normalized spacial score (nSPS) is 21.1. The number of nitrogens with zero attached hydrogens (tertiary/aromatic N) is 1. The van der Waals surface area contributed by atoms with Crippen molar-refractivity contribution in [2.75, 3.05) is 25.1 Å². The maximum absolute atomic E-state index is 12.2. The fourth-order valence-corrected chi connectivity index (χ4v) is 5.55. The maximum atomic E-state index is 12.2. The predicted octanol–water partition coefficient (Wildman–Crippen LogP) is 1.97. The van der Waals surface area contributed by atoms with Gasteiger partial charge in [0.15, 0.2) is 5.96 Å². The molecule has 3 N–H and O–H groups in total. The molecule has 29 heavy (non-hydrogen) atoms. The van der Waals surface area contributed by atoms with E-state index >= 15 is 0 Å². The molecule has 1 aliphatic carbocycles. The Morgan fingerprint density at radius 1 is 1.24 bits per heavy atom. The predicted molar refractivity (Wildman–Crippen MR) is 132 cm³/mol. The molecule has 3 unspecified atom stereocenters. The lowest BCUT2D eigenvalue weighted by molar-refractivity contribution is 0.414. The first-order chi connectivity index (χ1) is 13.4. The van der Waals surface area contributed by atoms with Gasteiger partial charge in [0, 0.05) is 48.0 Å². The summed E-state index contributed by atoms with van der Waals surface area (Å²) in [6, 6.07) is 9.65. The van der Waals surface area contributed by atoms with E-state index in [4.69, 9.17) is 0 Å². The number of rotatable bonds is 9. The first-order valence-electron chi connectivity index (χ1n) is 9.79. The zero-order valence-corrected chi connectivity index (χ0v) is 21.1. The van der Waals surface area contributed by atoms with E-state index in [2.05, 4.69) is 20.3 Å². The standard InChI is InChI=1S/C19H32N4O3S2.HI/c1-3-27(24)18-11-7-10-17(14-18)23-19(20-2)21-12-13-28(25,26)22-15-16-8-5-4-6-9-16;/h4-6,8-9,17-18,22H,3,7,10-15H2,1-2H3,(H2,20,21,23);1H. The molecular weight excluding hydrogens is 523 g/mol. The van der Waals surface area contributed by atoms with Gasteiger partial charge in [0.25, 0.3) is 0 Å². The first kappa shape index (κ1) is 26.3. The van der Waals surface area contributed by atoms with Gasteiger partial charge >= 0.3 is 0 Å². The largest absolute Gasteiger partial charge is 0.355 e. The molecule has 1 aromatic rings. The smallest absolute Gasteiger partial charge is 0.213 e. The first-order valence-corrected chi connectivity index (χ1v) is 12.8. The highest BCUT2D eigenvalue weighted by atomic mass is 127. The highest BCUT2D eigenvalue weighted by Gasteiger charge is 2.26. The summed E-state index contributed by atoms with van der Waals surface area (Å²) in [7, 11) is -2.48. The minimum atomic E-state index is -3.38. The van der Waals surface area contributed by atoms with Crippen LogP contribution in [0.4, 0.5) is 0 Å². The third-order valence-corrected chi connectivity index (χ3v) is 7.92. The van der Waals surface area contributed by atoms with Gasteiger partial charge in [-0.3, -0.25) is 9.20 Å². The molecule has 2 rings (SSSR count). The van der Waals surface area contributed by atoms with Crippen molar-refractivity contribution in [3.05, 3.63) is 35.9 Å². The van der Waals surface area contributed by atoms with E-state index in [1.807, 2.05) is 37.3 Å². The Labute approximate surface area is 194 Å². The van der Waals surface area contributed by atoms with Gasteiger partial charge in [-0.15, -0.1) is 24.0 Å². The van der Waals surface area contributed by atoms with Crippen LogP contribution in [-0.4, -0.2) is 55.0 Å². The molecule has 1 aromatic carbocycles. The second-order valence-corrected chi connectivity index (χ2v) is 10.9. The summed E-state index contributed by atoms with van der Waals surface area (Å²) in [5.41, 5.74) is 0.924. The van der Waals surface area contributed by atoms with Crippen LogP contribution >= 0.6 is 24.0 Å². The number of nitrogens with one attached hydrogen (secondary N) is 3. The van der Waals surface area contributed by atoms with Crippen LogP contribution < -0.4 is 15.4 Å². The summed E-state index contributed by atoms with van der Waals surface area (Å²) in [5.74, 6) is 1.25. The number of hydrogen-bond donors (Lipinski definition) is 3. The minimum absolute atomic E-state index is 0. The maximum Gasteiger partial charge on any atom is 0.213 e. The van der Waals surface area contributed by atoms with Crippen molar-refractivity contribution in [2.45, 2.75) is 50.4 Å². The van der Waals surface area contributed by atoms with E-state index in [1.54, 1.807) is 7.05 Å². The van der Waals surface area contributed by atoms with Crippen molar-refractivity contribution >= 4 is 50.8 Å². The van der Waals surface area contributed by atoms with Crippen LogP contribution in [-0.2, 0) is 27.4 Å².